The lowest BCUT2D eigenvalue weighted by atomic mass is 9.95. The van der Waals surface area contributed by atoms with E-state index in [1.54, 1.807) is 7.11 Å². The van der Waals surface area contributed by atoms with Crippen LogP contribution in [-0.2, 0) is 4.79 Å². The molecule has 2 aromatic rings. The van der Waals surface area contributed by atoms with Gasteiger partial charge in [-0.1, -0.05) is 19.1 Å². The molecule has 2 heterocycles. The van der Waals surface area contributed by atoms with Gasteiger partial charge >= 0.3 is 0 Å². The topological polar surface area (TPSA) is 58.2 Å². The number of ether oxygens (including phenoxy) is 1. The minimum Gasteiger partial charge on any atom is -0.497 e. The van der Waals surface area contributed by atoms with Gasteiger partial charge in [-0.05, 0) is 49.4 Å². The molecule has 25 heavy (non-hydrogen) atoms. The maximum Gasteiger partial charge on any atom is 0.223 e. The standard InChI is InChI=1S/C20H27N3O2/c1-13(20-14(2)21-22-15(20)3)11-19(24)23-10-9-17(12-23)16-5-7-18(25-4)8-6-16/h5-8,13,17H,9-12H2,1-4H3,(H,21,22)/t13-,17-/m1/s1. The first kappa shape index (κ1) is 17.5. The fourth-order valence-corrected chi connectivity index (χ4v) is 3.91. The van der Waals surface area contributed by atoms with Crippen LogP contribution in [0, 0.1) is 13.8 Å². The molecule has 1 saturated heterocycles. The molecule has 5 heteroatoms. The predicted octanol–water partition coefficient (Wildman–Crippen LogP) is 3.54. The van der Waals surface area contributed by atoms with Crippen LogP contribution >= 0.6 is 0 Å². The van der Waals surface area contributed by atoms with E-state index in [2.05, 4.69) is 29.3 Å². The molecule has 1 aromatic heterocycles. The van der Waals surface area contributed by atoms with E-state index in [1.807, 2.05) is 30.9 Å². The summed E-state index contributed by atoms with van der Waals surface area (Å²) in [7, 11) is 1.68. The molecule has 1 aromatic carbocycles. The fraction of sp³-hybridized carbons (Fsp3) is 0.500. The Balaban J connectivity index is 1.60. The van der Waals surface area contributed by atoms with Gasteiger partial charge in [0.2, 0.25) is 5.91 Å². The van der Waals surface area contributed by atoms with E-state index in [9.17, 15) is 4.79 Å². The Morgan fingerprint density at radius 1 is 1.36 bits per heavy atom. The quantitative estimate of drug-likeness (QED) is 0.905. The first-order valence-electron chi connectivity index (χ1n) is 8.92. The summed E-state index contributed by atoms with van der Waals surface area (Å²) in [6.45, 7) is 7.77. The average Bonchev–Trinajstić information content (AvgIpc) is 3.22. The number of benzene rings is 1. The number of nitrogens with one attached hydrogen (secondary N) is 1. The number of likely N-dealkylation sites (tertiary alicyclic amines) is 1. The van der Waals surface area contributed by atoms with Crippen LogP contribution in [0.25, 0.3) is 0 Å². The molecule has 0 spiro atoms. The molecule has 2 atom stereocenters. The molecular weight excluding hydrogens is 314 g/mol. The number of nitrogens with zero attached hydrogens (tertiary/aromatic N) is 2. The minimum atomic E-state index is 0.186. The largest absolute Gasteiger partial charge is 0.497 e. The van der Waals surface area contributed by atoms with E-state index >= 15 is 0 Å². The zero-order valence-electron chi connectivity index (χ0n) is 15.5. The van der Waals surface area contributed by atoms with Gasteiger partial charge in [-0.3, -0.25) is 9.89 Å². The molecule has 1 N–H and O–H groups in total. The van der Waals surface area contributed by atoms with E-state index in [4.69, 9.17) is 4.74 Å². The second kappa shape index (κ2) is 7.30. The molecule has 0 unspecified atom stereocenters. The van der Waals surface area contributed by atoms with Gasteiger partial charge in [0, 0.05) is 31.1 Å². The summed E-state index contributed by atoms with van der Waals surface area (Å²) in [5, 5.41) is 7.26. The lowest BCUT2D eigenvalue weighted by Crippen LogP contribution is -2.29. The zero-order chi connectivity index (χ0) is 18.0. The predicted molar refractivity (Wildman–Crippen MR) is 98.0 cm³/mol. The number of H-pyrrole nitrogens is 1. The van der Waals surface area contributed by atoms with Gasteiger partial charge in [0.15, 0.2) is 0 Å². The Bertz CT molecular complexity index is 716. The highest BCUT2D eigenvalue weighted by molar-refractivity contribution is 5.77. The summed E-state index contributed by atoms with van der Waals surface area (Å²) in [5.41, 5.74) is 4.52. The van der Waals surface area contributed by atoms with E-state index in [-0.39, 0.29) is 11.8 Å². The van der Waals surface area contributed by atoms with Crippen LogP contribution in [0.1, 0.15) is 54.1 Å². The van der Waals surface area contributed by atoms with Gasteiger partial charge in [-0.25, -0.2) is 0 Å². The van der Waals surface area contributed by atoms with Gasteiger partial charge in [-0.2, -0.15) is 5.10 Å². The van der Waals surface area contributed by atoms with Crippen LogP contribution in [0.2, 0.25) is 0 Å². The van der Waals surface area contributed by atoms with E-state index in [1.165, 1.54) is 11.1 Å². The van der Waals surface area contributed by atoms with Crippen molar-refractivity contribution in [2.24, 2.45) is 0 Å². The molecule has 0 saturated carbocycles. The lowest BCUT2D eigenvalue weighted by Gasteiger charge is -2.20. The highest BCUT2D eigenvalue weighted by Gasteiger charge is 2.29. The van der Waals surface area contributed by atoms with E-state index < -0.39 is 0 Å². The summed E-state index contributed by atoms with van der Waals surface area (Å²) in [5.74, 6) is 1.71. The molecule has 134 valence electrons. The number of methoxy groups -OCH3 is 1. The van der Waals surface area contributed by atoms with Crippen molar-refractivity contribution in [3.05, 3.63) is 46.8 Å². The van der Waals surface area contributed by atoms with Crippen LogP contribution in [0.15, 0.2) is 24.3 Å². The highest BCUT2D eigenvalue weighted by Crippen LogP contribution is 2.31. The third-order valence-electron chi connectivity index (χ3n) is 5.29. The van der Waals surface area contributed by atoms with Crippen molar-refractivity contribution in [3.63, 3.8) is 0 Å². The number of rotatable bonds is 5. The minimum absolute atomic E-state index is 0.186. The number of aromatic nitrogens is 2. The third-order valence-corrected chi connectivity index (χ3v) is 5.29. The molecule has 3 rings (SSSR count). The Morgan fingerprint density at radius 2 is 2.08 bits per heavy atom. The Kier molecular flexibility index (Phi) is 5.11. The Morgan fingerprint density at radius 3 is 2.68 bits per heavy atom. The zero-order valence-corrected chi connectivity index (χ0v) is 15.5. The van der Waals surface area contributed by atoms with Crippen LogP contribution < -0.4 is 4.74 Å². The number of hydrogen-bond acceptors (Lipinski definition) is 3. The number of carbonyl (C=O) groups is 1. The summed E-state index contributed by atoms with van der Waals surface area (Å²) in [6, 6.07) is 8.20. The van der Waals surface area contributed by atoms with E-state index in [0.29, 0.717) is 12.3 Å². The number of hydrogen-bond donors (Lipinski definition) is 1. The molecule has 1 aliphatic rings. The first-order chi connectivity index (χ1) is 12.0. The molecule has 0 radical (unpaired) electrons. The van der Waals surface area contributed by atoms with Crippen LogP contribution in [0.4, 0.5) is 0 Å². The summed E-state index contributed by atoms with van der Waals surface area (Å²) in [4.78, 5) is 14.7. The van der Waals surface area contributed by atoms with Gasteiger partial charge in [0.05, 0.1) is 12.8 Å². The fourth-order valence-electron chi connectivity index (χ4n) is 3.91. The van der Waals surface area contributed by atoms with Crippen molar-refractivity contribution in [3.8, 4) is 5.75 Å². The van der Waals surface area contributed by atoms with Crippen molar-refractivity contribution in [1.82, 2.24) is 15.1 Å². The maximum absolute atomic E-state index is 12.7. The van der Waals surface area contributed by atoms with Crippen LogP contribution in [0.3, 0.4) is 0 Å². The lowest BCUT2D eigenvalue weighted by molar-refractivity contribution is -0.130. The third kappa shape index (κ3) is 3.70. The molecule has 1 aliphatic heterocycles. The second-order valence-electron chi connectivity index (χ2n) is 7.05. The summed E-state index contributed by atoms with van der Waals surface area (Å²) in [6.07, 6.45) is 1.56. The van der Waals surface area contributed by atoms with Crippen LogP contribution in [0.5, 0.6) is 5.75 Å². The number of aryl methyl sites for hydroxylation is 2. The maximum atomic E-state index is 12.7. The van der Waals surface area contributed by atoms with Gasteiger partial charge < -0.3 is 9.64 Å². The highest BCUT2D eigenvalue weighted by atomic mass is 16.5. The molecule has 0 aliphatic carbocycles. The van der Waals surface area contributed by atoms with Gasteiger partial charge in [0.25, 0.3) is 0 Å². The SMILES string of the molecule is COc1ccc([C@@H]2CCN(C(=O)C[C@@H](C)c3c(C)n[nH]c3C)C2)cc1. The van der Waals surface area contributed by atoms with Gasteiger partial charge in [-0.15, -0.1) is 0 Å². The average molecular weight is 341 g/mol. The van der Waals surface area contributed by atoms with E-state index in [0.717, 1.165) is 36.6 Å². The number of aromatic amines is 1. The molecule has 0 bridgehead atoms. The normalized spacial score (nSPS) is 18.4. The van der Waals surface area contributed by atoms with Crippen molar-refractivity contribution in [2.45, 2.75) is 45.4 Å². The first-order valence-corrected chi connectivity index (χ1v) is 8.92. The summed E-state index contributed by atoms with van der Waals surface area (Å²) >= 11 is 0. The molecule has 1 amide bonds. The van der Waals surface area contributed by atoms with Crippen molar-refractivity contribution < 1.29 is 9.53 Å². The second-order valence-corrected chi connectivity index (χ2v) is 7.05. The van der Waals surface area contributed by atoms with Crippen LogP contribution in [-0.4, -0.2) is 41.2 Å². The van der Waals surface area contributed by atoms with Crippen molar-refractivity contribution in [1.29, 1.82) is 0 Å². The molecule has 5 nitrogen and oxygen atoms in total. The summed E-state index contributed by atoms with van der Waals surface area (Å²) < 4.78 is 5.22. The Labute approximate surface area is 149 Å². The monoisotopic (exact) mass is 341 g/mol. The molecular formula is C20H27N3O2. The van der Waals surface area contributed by atoms with Crippen molar-refractivity contribution >= 4 is 5.91 Å². The van der Waals surface area contributed by atoms with Gasteiger partial charge in [0.1, 0.15) is 5.75 Å². The number of amides is 1. The van der Waals surface area contributed by atoms with Crippen molar-refractivity contribution in [2.75, 3.05) is 20.2 Å². The Hall–Kier alpha value is -2.30. The smallest absolute Gasteiger partial charge is 0.223 e. The molecule has 1 fully saturated rings. The number of carbonyl (C=O) groups excluding carboxylic acids is 1.